The van der Waals surface area contributed by atoms with Crippen LogP contribution in [0.3, 0.4) is 0 Å². The molecule has 3 rings (SSSR count). The minimum atomic E-state index is -0.456. The summed E-state index contributed by atoms with van der Waals surface area (Å²) >= 11 is 5.98. The minimum absolute atomic E-state index is 0.0104. The third-order valence-corrected chi connectivity index (χ3v) is 4.13. The molecule has 1 aromatic carbocycles. The maximum Gasteiger partial charge on any atom is 0.259 e. The van der Waals surface area contributed by atoms with E-state index in [-0.39, 0.29) is 22.6 Å². The Kier molecular flexibility index (Phi) is 4.11. The molecule has 0 aliphatic heterocycles. The van der Waals surface area contributed by atoms with Crippen molar-refractivity contribution in [3.63, 3.8) is 0 Å². The normalized spacial score (nSPS) is 11.0. The van der Waals surface area contributed by atoms with Crippen molar-refractivity contribution >= 4 is 28.5 Å². The van der Waals surface area contributed by atoms with Gasteiger partial charge in [-0.25, -0.2) is 4.39 Å². The summed E-state index contributed by atoms with van der Waals surface area (Å²) in [7, 11) is 3.25. The fraction of sp³-hybridized carbons (Fsp3) is 0.188. The third-order valence-electron chi connectivity index (χ3n) is 3.78. The number of carbonyl (C=O) groups is 1. The molecular weight excluding hydrogens is 335 g/mol. The van der Waals surface area contributed by atoms with Gasteiger partial charge in [0.1, 0.15) is 17.0 Å². The number of aromatic nitrogens is 3. The molecular formula is C16H14ClFN4O2. The van der Waals surface area contributed by atoms with E-state index < -0.39 is 11.7 Å². The van der Waals surface area contributed by atoms with Crippen molar-refractivity contribution in [1.29, 1.82) is 0 Å². The van der Waals surface area contributed by atoms with E-state index in [0.29, 0.717) is 16.6 Å². The number of amides is 1. The topological polar surface area (TPSA) is 71.0 Å². The molecule has 0 bridgehead atoms. The van der Waals surface area contributed by atoms with Gasteiger partial charge in [-0.15, -0.1) is 0 Å². The summed E-state index contributed by atoms with van der Waals surface area (Å²) in [6, 6.07) is 3.97. The average molecular weight is 349 g/mol. The van der Waals surface area contributed by atoms with E-state index in [0.717, 1.165) is 0 Å². The van der Waals surface area contributed by atoms with Crippen molar-refractivity contribution < 1.29 is 9.18 Å². The highest BCUT2D eigenvalue weighted by molar-refractivity contribution is 6.31. The van der Waals surface area contributed by atoms with Crippen LogP contribution in [0.5, 0.6) is 0 Å². The maximum atomic E-state index is 13.1. The number of pyridine rings is 1. The van der Waals surface area contributed by atoms with Crippen LogP contribution in [-0.4, -0.2) is 32.6 Å². The summed E-state index contributed by atoms with van der Waals surface area (Å²) in [5.41, 5.74) is 0.753. The number of hydrogen-bond donors (Lipinski definition) is 1. The van der Waals surface area contributed by atoms with Crippen LogP contribution in [0.15, 0.2) is 35.4 Å². The smallest absolute Gasteiger partial charge is 0.259 e. The Bertz CT molecular complexity index is 995. The van der Waals surface area contributed by atoms with Gasteiger partial charge in [-0.1, -0.05) is 17.7 Å². The van der Waals surface area contributed by atoms with Gasteiger partial charge < -0.3 is 9.88 Å². The lowest BCUT2D eigenvalue weighted by Gasteiger charge is -2.17. The van der Waals surface area contributed by atoms with Crippen molar-refractivity contribution in [2.75, 3.05) is 7.05 Å². The summed E-state index contributed by atoms with van der Waals surface area (Å²) < 4.78 is 14.6. The third kappa shape index (κ3) is 2.78. The Morgan fingerprint density at radius 3 is 2.92 bits per heavy atom. The number of aryl methyl sites for hydroxylation is 1. The number of fused-ring (bicyclic) bond motifs is 1. The number of hydrogen-bond acceptors (Lipinski definition) is 3. The number of rotatable bonds is 3. The predicted octanol–water partition coefficient (Wildman–Crippen LogP) is 2.33. The van der Waals surface area contributed by atoms with Crippen molar-refractivity contribution in [1.82, 2.24) is 19.7 Å². The molecule has 8 heteroatoms. The molecule has 3 aromatic rings. The van der Waals surface area contributed by atoms with Crippen LogP contribution < -0.4 is 5.43 Å². The minimum Gasteiger partial charge on any atom is -0.345 e. The van der Waals surface area contributed by atoms with Gasteiger partial charge in [0, 0.05) is 31.9 Å². The summed E-state index contributed by atoms with van der Waals surface area (Å²) in [4.78, 5) is 29.3. The van der Waals surface area contributed by atoms with E-state index in [1.54, 1.807) is 14.1 Å². The number of halogens is 2. The molecule has 0 atom stereocenters. The van der Waals surface area contributed by atoms with Gasteiger partial charge in [0.15, 0.2) is 0 Å². The fourth-order valence-corrected chi connectivity index (χ4v) is 2.69. The number of benzene rings is 1. The Morgan fingerprint density at radius 2 is 2.21 bits per heavy atom. The Balaban J connectivity index is 1.91. The van der Waals surface area contributed by atoms with Crippen LogP contribution in [0, 0.1) is 5.82 Å². The molecule has 2 heterocycles. The molecule has 24 heavy (non-hydrogen) atoms. The number of aromatic amines is 1. The molecule has 0 saturated heterocycles. The molecule has 2 aromatic heterocycles. The first-order chi connectivity index (χ1) is 11.4. The van der Waals surface area contributed by atoms with Gasteiger partial charge in [0.05, 0.1) is 11.6 Å². The first-order valence-electron chi connectivity index (χ1n) is 7.11. The zero-order valence-electron chi connectivity index (χ0n) is 13.0. The summed E-state index contributed by atoms with van der Waals surface area (Å²) in [6.45, 7) is 0.155. The highest BCUT2D eigenvalue weighted by Gasteiger charge is 2.19. The summed E-state index contributed by atoms with van der Waals surface area (Å²) in [5, 5.41) is 4.57. The lowest BCUT2D eigenvalue weighted by atomic mass is 10.1. The molecule has 1 N–H and O–H groups in total. The van der Waals surface area contributed by atoms with E-state index in [1.807, 2.05) is 0 Å². The SMILES string of the molecule is CN(Cc1ccc(F)cc1Cl)C(=O)c1c[nH]c2c(cnn2C)c1=O. The number of H-pyrrole nitrogens is 1. The standard InChI is InChI=1S/C16H14ClFN4O2/c1-21(8-9-3-4-10(18)5-13(9)17)16(24)12-6-19-15-11(14(12)23)7-20-22(15)2/h3-7H,8H2,1-2H3,(H,19,23). The Labute approximate surface area is 141 Å². The van der Waals surface area contributed by atoms with Gasteiger partial charge >= 0.3 is 0 Å². The first kappa shape index (κ1) is 16.2. The predicted molar refractivity (Wildman–Crippen MR) is 88.5 cm³/mol. The van der Waals surface area contributed by atoms with Crippen LogP contribution >= 0.6 is 11.6 Å². The van der Waals surface area contributed by atoms with Crippen molar-refractivity contribution in [3.8, 4) is 0 Å². The van der Waals surface area contributed by atoms with Crippen LogP contribution in [0.1, 0.15) is 15.9 Å². The molecule has 0 saturated carbocycles. The quantitative estimate of drug-likeness (QED) is 0.789. The van der Waals surface area contributed by atoms with E-state index in [9.17, 15) is 14.0 Å². The summed E-state index contributed by atoms with van der Waals surface area (Å²) in [6.07, 6.45) is 2.79. The largest absolute Gasteiger partial charge is 0.345 e. The molecule has 0 aliphatic carbocycles. The van der Waals surface area contributed by atoms with Crippen molar-refractivity contribution in [2.24, 2.45) is 7.05 Å². The molecule has 0 unspecified atom stereocenters. The average Bonchev–Trinajstić information content (AvgIpc) is 2.92. The number of nitrogens with one attached hydrogen (secondary N) is 1. The number of nitrogens with zero attached hydrogens (tertiary/aromatic N) is 3. The van der Waals surface area contributed by atoms with Crippen LogP contribution in [0.4, 0.5) is 4.39 Å². The van der Waals surface area contributed by atoms with Crippen LogP contribution in [0.2, 0.25) is 5.02 Å². The zero-order valence-corrected chi connectivity index (χ0v) is 13.8. The molecule has 1 amide bonds. The van der Waals surface area contributed by atoms with Gasteiger partial charge in [0.25, 0.3) is 5.91 Å². The van der Waals surface area contributed by atoms with E-state index in [4.69, 9.17) is 11.6 Å². The summed E-state index contributed by atoms with van der Waals surface area (Å²) in [5.74, 6) is -0.904. The van der Waals surface area contributed by atoms with E-state index in [2.05, 4.69) is 10.1 Å². The zero-order chi connectivity index (χ0) is 17.4. The van der Waals surface area contributed by atoms with Gasteiger partial charge in [0.2, 0.25) is 5.43 Å². The molecule has 0 fully saturated rings. The maximum absolute atomic E-state index is 13.1. The van der Waals surface area contributed by atoms with Gasteiger partial charge in [-0.05, 0) is 17.7 Å². The van der Waals surface area contributed by atoms with E-state index >= 15 is 0 Å². The second kappa shape index (κ2) is 6.09. The van der Waals surface area contributed by atoms with Crippen LogP contribution in [-0.2, 0) is 13.6 Å². The van der Waals surface area contributed by atoms with Crippen molar-refractivity contribution in [2.45, 2.75) is 6.54 Å². The Morgan fingerprint density at radius 1 is 1.46 bits per heavy atom. The Hall–Kier alpha value is -2.67. The van der Waals surface area contributed by atoms with E-state index in [1.165, 1.54) is 40.2 Å². The second-order valence-corrected chi connectivity index (χ2v) is 5.87. The molecule has 0 aliphatic rings. The lowest BCUT2D eigenvalue weighted by Crippen LogP contribution is -2.30. The highest BCUT2D eigenvalue weighted by atomic mass is 35.5. The molecule has 0 spiro atoms. The second-order valence-electron chi connectivity index (χ2n) is 5.46. The molecule has 124 valence electrons. The lowest BCUT2D eigenvalue weighted by molar-refractivity contribution is 0.0783. The van der Waals surface area contributed by atoms with Crippen LogP contribution in [0.25, 0.3) is 11.0 Å². The number of carbonyl (C=O) groups excluding carboxylic acids is 1. The molecule has 6 nitrogen and oxygen atoms in total. The highest BCUT2D eigenvalue weighted by Crippen LogP contribution is 2.19. The van der Waals surface area contributed by atoms with Gasteiger partial charge in [-0.3, -0.25) is 14.3 Å². The monoisotopic (exact) mass is 348 g/mol. The van der Waals surface area contributed by atoms with Crippen molar-refractivity contribution in [3.05, 3.63) is 62.8 Å². The molecule has 0 radical (unpaired) electrons. The fourth-order valence-electron chi connectivity index (χ4n) is 2.47. The van der Waals surface area contributed by atoms with Gasteiger partial charge in [-0.2, -0.15) is 5.10 Å². The first-order valence-corrected chi connectivity index (χ1v) is 7.49.